The van der Waals surface area contributed by atoms with Gasteiger partial charge in [0.2, 0.25) is 5.91 Å². The van der Waals surface area contributed by atoms with Crippen molar-refractivity contribution in [2.45, 2.75) is 13.0 Å². The lowest BCUT2D eigenvalue weighted by molar-refractivity contribution is -0.118. The van der Waals surface area contributed by atoms with Gasteiger partial charge in [-0.1, -0.05) is 40.2 Å². The molecule has 0 saturated carbocycles. The van der Waals surface area contributed by atoms with E-state index in [2.05, 4.69) is 15.9 Å². The first-order valence-electron chi connectivity index (χ1n) is 6.51. The average molecular weight is 332 g/mol. The Kier molecular flexibility index (Phi) is 3.74. The Bertz CT molecular complexity index is 642. The minimum Gasteiger partial charge on any atom is -0.491 e. The van der Waals surface area contributed by atoms with Crippen LogP contribution < -0.4 is 9.64 Å². The van der Waals surface area contributed by atoms with E-state index in [9.17, 15) is 4.79 Å². The molecule has 2 aromatic rings. The fraction of sp³-hybridized carbons (Fsp3) is 0.188. The van der Waals surface area contributed by atoms with Crippen molar-refractivity contribution < 1.29 is 9.53 Å². The van der Waals surface area contributed by atoms with Crippen LogP contribution in [0.2, 0.25) is 0 Å². The highest BCUT2D eigenvalue weighted by Gasteiger charge is 2.22. The standard InChI is InChI=1S/C16H14BrNO2/c17-13-5-3-4-12(10-13)11-18-14-6-1-2-7-15(14)20-9-8-16(18)19/h1-7,10H,8-9,11H2. The topological polar surface area (TPSA) is 29.5 Å². The Labute approximate surface area is 126 Å². The Morgan fingerprint density at radius 2 is 2.00 bits per heavy atom. The number of fused-ring (bicyclic) bond motifs is 1. The summed E-state index contributed by atoms with van der Waals surface area (Å²) >= 11 is 3.46. The molecule has 1 heterocycles. The second-order valence-electron chi connectivity index (χ2n) is 4.68. The minimum atomic E-state index is 0.0925. The molecule has 0 radical (unpaired) electrons. The maximum Gasteiger partial charge on any atom is 0.230 e. The predicted octanol–water partition coefficient (Wildman–Crippen LogP) is 3.76. The van der Waals surface area contributed by atoms with Gasteiger partial charge >= 0.3 is 0 Å². The van der Waals surface area contributed by atoms with Gasteiger partial charge in [-0.05, 0) is 29.8 Å². The molecule has 0 aromatic heterocycles. The van der Waals surface area contributed by atoms with Gasteiger partial charge < -0.3 is 9.64 Å². The molecule has 3 nitrogen and oxygen atoms in total. The molecule has 0 N–H and O–H groups in total. The number of nitrogens with zero attached hydrogens (tertiary/aromatic N) is 1. The number of halogens is 1. The molecule has 0 atom stereocenters. The summed E-state index contributed by atoms with van der Waals surface area (Å²) in [5.74, 6) is 0.864. The maximum absolute atomic E-state index is 12.3. The second-order valence-corrected chi connectivity index (χ2v) is 5.59. The van der Waals surface area contributed by atoms with Gasteiger partial charge in [0, 0.05) is 4.47 Å². The average Bonchev–Trinajstić information content (AvgIpc) is 2.59. The normalized spacial score (nSPS) is 14.4. The Morgan fingerprint density at radius 1 is 1.15 bits per heavy atom. The molecule has 102 valence electrons. The highest BCUT2D eigenvalue weighted by molar-refractivity contribution is 9.10. The third-order valence-corrected chi connectivity index (χ3v) is 3.75. The van der Waals surface area contributed by atoms with E-state index in [0.717, 1.165) is 21.5 Å². The molecule has 1 aliphatic heterocycles. The van der Waals surface area contributed by atoms with Gasteiger partial charge in [0.15, 0.2) is 0 Å². The third kappa shape index (κ3) is 2.70. The van der Waals surface area contributed by atoms with Gasteiger partial charge in [0.05, 0.1) is 25.3 Å². The largest absolute Gasteiger partial charge is 0.491 e. The molecule has 0 fully saturated rings. The van der Waals surface area contributed by atoms with E-state index in [1.807, 2.05) is 48.5 Å². The van der Waals surface area contributed by atoms with Gasteiger partial charge in [-0.2, -0.15) is 0 Å². The van der Waals surface area contributed by atoms with Crippen molar-refractivity contribution in [3.8, 4) is 5.75 Å². The maximum atomic E-state index is 12.3. The lowest BCUT2D eigenvalue weighted by atomic mass is 10.2. The zero-order valence-corrected chi connectivity index (χ0v) is 12.5. The number of benzene rings is 2. The lowest BCUT2D eigenvalue weighted by Crippen LogP contribution is -2.29. The summed E-state index contributed by atoms with van der Waals surface area (Å²) in [7, 11) is 0. The SMILES string of the molecule is O=C1CCOc2ccccc2N1Cc1cccc(Br)c1. The molecule has 20 heavy (non-hydrogen) atoms. The van der Waals surface area contributed by atoms with Crippen LogP contribution in [0.1, 0.15) is 12.0 Å². The van der Waals surface area contributed by atoms with Crippen molar-refractivity contribution in [1.29, 1.82) is 0 Å². The number of rotatable bonds is 2. The zero-order chi connectivity index (χ0) is 13.9. The predicted molar refractivity (Wildman–Crippen MR) is 81.9 cm³/mol. The number of hydrogen-bond acceptors (Lipinski definition) is 2. The van der Waals surface area contributed by atoms with E-state index in [-0.39, 0.29) is 5.91 Å². The van der Waals surface area contributed by atoms with E-state index in [1.165, 1.54) is 0 Å². The number of carbonyl (C=O) groups excluding carboxylic acids is 1. The van der Waals surface area contributed by atoms with Crippen molar-refractivity contribution >= 4 is 27.5 Å². The molecular formula is C16H14BrNO2. The van der Waals surface area contributed by atoms with E-state index in [0.29, 0.717) is 19.6 Å². The van der Waals surface area contributed by atoms with Crippen LogP contribution in [-0.2, 0) is 11.3 Å². The van der Waals surface area contributed by atoms with E-state index < -0.39 is 0 Å². The summed E-state index contributed by atoms with van der Waals surface area (Å²) in [5.41, 5.74) is 1.93. The number of carbonyl (C=O) groups is 1. The second kappa shape index (κ2) is 5.67. The van der Waals surface area contributed by atoms with Crippen LogP contribution in [0.4, 0.5) is 5.69 Å². The zero-order valence-electron chi connectivity index (χ0n) is 10.9. The Hall–Kier alpha value is -1.81. The van der Waals surface area contributed by atoms with Gasteiger partial charge in [0.1, 0.15) is 5.75 Å². The highest BCUT2D eigenvalue weighted by atomic mass is 79.9. The summed E-state index contributed by atoms with van der Waals surface area (Å²) in [4.78, 5) is 14.1. The van der Waals surface area contributed by atoms with Crippen molar-refractivity contribution in [3.63, 3.8) is 0 Å². The monoisotopic (exact) mass is 331 g/mol. The summed E-state index contributed by atoms with van der Waals surface area (Å²) in [5, 5.41) is 0. The van der Waals surface area contributed by atoms with Crippen LogP contribution in [0, 0.1) is 0 Å². The van der Waals surface area contributed by atoms with Crippen LogP contribution in [0.3, 0.4) is 0 Å². The fourth-order valence-corrected chi connectivity index (χ4v) is 2.76. The first kappa shape index (κ1) is 13.2. The Balaban J connectivity index is 1.96. The summed E-state index contributed by atoms with van der Waals surface area (Å²) in [6, 6.07) is 15.7. The fourth-order valence-electron chi connectivity index (χ4n) is 2.31. The van der Waals surface area contributed by atoms with Crippen molar-refractivity contribution in [3.05, 3.63) is 58.6 Å². The molecule has 0 aliphatic carbocycles. The summed E-state index contributed by atoms with van der Waals surface area (Å²) in [6.45, 7) is 0.990. The van der Waals surface area contributed by atoms with Crippen LogP contribution in [0.25, 0.3) is 0 Å². The molecular weight excluding hydrogens is 318 g/mol. The third-order valence-electron chi connectivity index (χ3n) is 3.26. The first-order valence-corrected chi connectivity index (χ1v) is 7.30. The molecule has 2 aromatic carbocycles. The van der Waals surface area contributed by atoms with Crippen molar-refractivity contribution in [2.24, 2.45) is 0 Å². The minimum absolute atomic E-state index is 0.0925. The number of ether oxygens (including phenoxy) is 1. The Morgan fingerprint density at radius 3 is 2.85 bits per heavy atom. The van der Waals surface area contributed by atoms with Crippen LogP contribution in [0.15, 0.2) is 53.0 Å². The number of para-hydroxylation sites is 2. The number of hydrogen-bond donors (Lipinski definition) is 0. The van der Waals surface area contributed by atoms with E-state index in [4.69, 9.17) is 4.74 Å². The summed E-state index contributed by atoms with van der Waals surface area (Å²) < 4.78 is 6.65. The molecule has 0 spiro atoms. The van der Waals surface area contributed by atoms with Crippen molar-refractivity contribution in [1.82, 2.24) is 0 Å². The first-order chi connectivity index (χ1) is 9.74. The smallest absolute Gasteiger partial charge is 0.230 e. The van der Waals surface area contributed by atoms with E-state index >= 15 is 0 Å². The van der Waals surface area contributed by atoms with Crippen LogP contribution in [0.5, 0.6) is 5.75 Å². The van der Waals surface area contributed by atoms with Gasteiger partial charge in [0.25, 0.3) is 0 Å². The quantitative estimate of drug-likeness (QED) is 0.838. The van der Waals surface area contributed by atoms with Gasteiger partial charge in [-0.3, -0.25) is 4.79 Å². The van der Waals surface area contributed by atoms with Crippen molar-refractivity contribution in [2.75, 3.05) is 11.5 Å². The molecule has 0 saturated heterocycles. The molecule has 3 rings (SSSR count). The molecule has 1 aliphatic rings. The molecule has 0 bridgehead atoms. The van der Waals surface area contributed by atoms with Gasteiger partial charge in [-0.15, -0.1) is 0 Å². The molecule has 4 heteroatoms. The molecule has 1 amide bonds. The number of anilines is 1. The van der Waals surface area contributed by atoms with E-state index in [1.54, 1.807) is 4.90 Å². The molecule has 0 unspecified atom stereocenters. The number of amides is 1. The highest BCUT2D eigenvalue weighted by Crippen LogP contribution is 2.32. The summed E-state index contributed by atoms with van der Waals surface area (Å²) in [6.07, 6.45) is 0.405. The lowest BCUT2D eigenvalue weighted by Gasteiger charge is -2.22. The van der Waals surface area contributed by atoms with Crippen LogP contribution in [-0.4, -0.2) is 12.5 Å². The van der Waals surface area contributed by atoms with Crippen LogP contribution >= 0.6 is 15.9 Å². The van der Waals surface area contributed by atoms with Gasteiger partial charge in [-0.25, -0.2) is 0 Å².